The maximum atomic E-state index is 14.6. The molecule has 1 aromatic carbocycles. The van der Waals surface area contributed by atoms with E-state index in [0.717, 1.165) is 65.8 Å². The van der Waals surface area contributed by atoms with Crippen molar-refractivity contribution in [1.82, 2.24) is 25.5 Å². The second-order valence-electron chi connectivity index (χ2n) is 17.0. The van der Waals surface area contributed by atoms with Crippen molar-refractivity contribution in [2.75, 3.05) is 11.9 Å². The third kappa shape index (κ3) is 8.36. The Morgan fingerprint density at radius 3 is 2.42 bits per heavy atom. The summed E-state index contributed by atoms with van der Waals surface area (Å²) in [6.45, 7) is 13.0. The molecule has 1 aliphatic heterocycles. The van der Waals surface area contributed by atoms with Crippen LogP contribution in [-0.4, -0.2) is 81.0 Å². The van der Waals surface area contributed by atoms with Crippen LogP contribution in [0.3, 0.4) is 0 Å². The van der Waals surface area contributed by atoms with Crippen LogP contribution >= 0.6 is 11.3 Å². The van der Waals surface area contributed by atoms with Crippen LogP contribution in [-0.2, 0) is 19.1 Å². The van der Waals surface area contributed by atoms with E-state index in [1.807, 2.05) is 57.3 Å². The molecule has 294 valence electrons. The Morgan fingerprint density at radius 1 is 1.02 bits per heavy atom. The number of ketones is 1. The monoisotopic (exact) mass is 770 g/mol. The average Bonchev–Trinajstić information content (AvgIpc) is 3.77. The molecule has 2 aromatic heterocycles. The number of ether oxygens (including phenoxy) is 2. The number of Topliss-reactive ketones (excluding diaryl/α,β-unsaturated/α-hetero) is 1. The van der Waals surface area contributed by atoms with E-state index in [4.69, 9.17) is 19.4 Å². The number of nitrogens with one attached hydrogen (secondary N) is 3. The Labute approximate surface area is 327 Å². The van der Waals surface area contributed by atoms with Crippen molar-refractivity contribution in [3.63, 3.8) is 0 Å². The number of aryl methyl sites for hydroxylation is 1. The molecule has 4 aliphatic rings. The van der Waals surface area contributed by atoms with Gasteiger partial charge in [0.25, 0.3) is 0 Å². The van der Waals surface area contributed by atoms with Crippen LogP contribution in [0.25, 0.3) is 22.3 Å². The normalized spacial score (nSPS) is 24.7. The molecule has 0 radical (unpaired) electrons. The summed E-state index contributed by atoms with van der Waals surface area (Å²) in [7, 11) is 0. The molecule has 0 bridgehead atoms. The summed E-state index contributed by atoms with van der Waals surface area (Å²) in [6.07, 6.45) is 9.21. The predicted molar refractivity (Wildman–Crippen MR) is 213 cm³/mol. The summed E-state index contributed by atoms with van der Waals surface area (Å²) >= 11 is 1.56. The van der Waals surface area contributed by atoms with Gasteiger partial charge >= 0.3 is 6.09 Å². The van der Waals surface area contributed by atoms with Gasteiger partial charge in [0, 0.05) is 35.2 Å². The van der Waals surface area contributed by atoms with E-state index < -0.39 is 47.0 Å². The Balaban J connectivity index is 1.18. The highest BCUT2D eigenvalue weighted by Crippen LogP contribution is 2.45. The number of hydrogen-bond acceptors (Lipinski definition) is 10. The standard InChI is InChI=1S/C42H54N6O6S/c1-7-26-21-42(26,25(3)49)47-37(50)34-19-29(22-48(34)38(51)36(41(4,5)6)46-40(52)54-28-14-10-11-15-28)53-35-20-32(44-31-18-24(2)16-17-30(31)35)33-23-55-39(45-33)43-27-12-8-9-13-27/h7,16-18,20,23,26-29,34,36H,1,8-15,19,21-22H2,2-6H3,(H,43,45)(H,46,52)(H,47,50)/t26-,29-,34+,36-,42+/m1/s1. The van der Waals surface area contributed by atoms with Gasteiger partial charge in [0.05, 0.1) is 17.8 Å². The smallest absolute Gasteiger partial charge is 0.408 e. The number of hydrogen-bond donors (Lipinski definition) is 3. The number of anilines is 1. The van der Waals surface area contributed by atoms with Crippen molar-refractivity contribution in [3.05, 3.63) is 47.9 Å². The highest BCUT2D eigenvalue weighted by atomic mass is 32.1. The van der Waals surface area contributed by atoms with Gasteiger partial charge in [-0.1, -0.05) is 45.8 Å². The minimum atomic E-state index is -1.05. The van der Waals surface area contributed by atoms with Crippen LogP contribution in [0.4, 0.5) is 9.93 Å². The lowest BCUT2D eigenvalue weighted by Crippen LogP contribution is -2.59. The fourth-order valence-electron chi connectivity index (χ4n) is 8.43. The Morgan fingerprint density at radius 2 is 1.75 bits per heavy atom. The van der Waals surface area contributed by atoms with Gasteiger partial charge in [-0.15, -0.1) is 17.9 Å². The third-order valence-electron chi connectivity index (χ3n) is 11.7. The van der Waals surface area contributed by atoms with Crippen molar-refractivity contribution in [2.45, 2.75) is 135 Å². The Hall–Kier alpha value is -4.52. The second kappa shape index (κ2) is 15.5. The van der Waals surface area contributed by atoms with Crippen LogP contribution in [0.1, 0.15) is 97.5 Å². The maximum absolute atomic E-state index is 14.6. The lowest BCUT2D eigenvalue weighted by molar-refractivity contribution is -0.142. The number of carbonyl (C=O) groups excluding carboxylic acids is 4. The minimum absolute atomic E-state index is 0.0813. The van der Waals surface area contributed by atoms with Gasteiger partial charge in [-0.2, -0.15) is 0 Å². The van der Waals surface area contributed by atoms with Gasteiger partial charge in [-0.25, -0.2) is 14.8 Å². The van der Waals surface area contributed by atoms with Crippen molar-refractivity contribution in [2.24, 2.45) is 11.3 Å². The highest BCUT2D eigenvalue weighted by molar-refractivity contribution is 7.14. The zero-order valence-corrected chi connectivity index (χ0v) is 33.4. The third-order valence-corrected chi connectivity index (χ3v) is 12.5. The van der Waals surface area contributed by atoms with Crippen LogP contribution in [0.5, 0.6) is 5.75 Å². The maximum Gasteiger partial charge on any atom is 0.408 e. The molecule has 5 atom stereocenters. The summed E-state index contributed by atoms with van der Waals surface area (Å²) in [6, 6.07) is 6.34. The number of carbonyl (C=O) groups is 4. The lowest BCUT2D eigenvalue weighted by Gasteiger charge is -2.35. The van der Waals surface area contributed by atoms with Crippen LogP contribution in [0, 0.1) is 18.3 Å². The molecule has 12 nitrogen and oxygen atoms in total. The fourth-order valence-corrected chi connectivity index (χ4v) is 9.21. The molecule has 1 saturated heterocycles. The minimum Gasteiger partial charge on any atom is -0.488 e. The van der Waals surface area contributed by atoms with E-state index in [1.54, 1.807) is 17.4 Å². The molecule has 0 unspecified atom stereocenters. The van der Waals surface area contributed by atoms with E-state index in [0.29, 0.717) is 23.9 Å². The van der Waals surface area contributed by atoms with E-state index in [1.165, 1.54) is 24.7 Å². The summed E-state index contributed by atoms with van der Waals surface area (Å²) < 4.78 is 12.5. The first-order valence-electron chi connectivity index (χ1n) is 19.8. The number of benzene rings is 1. The highest BCUT2D eigenvalue weighted by Gasteiger charge is 2.59. The number of thiazole rings is 1. The summed E-state index contributed by atoms with van der Waals surface area (Å²) in [5.74, 6) is -0.647. The van der Waals surface area contributed by atoms with Gasteiger partial charge in [-0.3, -0.25) is 14.4 Å². The number of alkyl carbamates (subject to hydrolysis) is 1. The predicted octanol–water partition coefficient (Wildman–Crippen LogP) is 7.10. The topological polar surface area (TPSA) is 152 Å². The average molecular weight is 771 g/mol. The lowest BCUT2D eigenvalue weighted by atomic mass is 9.85. The van der Waals surface area contributed by atoms with Crippen molar-refractivity contribution in [3.8, 4) is 17.1 Å². The molecule has 4 fully saturated rings. The van der Waals surface area contributed by atoms with Crippen molar-refractivity contribution < 1.29 is 28.7 Å². The summed E-state index contributed by atoms with van der Waals surface area (Å²) in [5, 5.41) is 13.1. The quantitative estimate of drug-likeness (QED) is 0.164. The molecule has 0 spiro atoms. The van der Waals surface area contributed by atoms with Crippen LogP contribution in [0.15, 0.2) is 42.3 Å². The molecule has 3 heterocycles. The summed E-state index contributed by atoms with van der Waals surface area (Å²) in [5.41, 5.74) is 1.42. The Bertz CT molecular complexity index is 1960. The largest absolute Gasteiger partial charge is 0.488 e. The van der Waals surface area contributed by atoms with E-state index in [-0.39, 0.29) is 30.8 Å². The molecular weight excluding hydrogens is 717 g/mol. The van der Waals surface area contributed by atoms with Crippen LogP contribution < -0.4 is 20.7 Å². The number of nitrogens with zero attached hydrogens (tertiary/aromatic N) is 3. The first kappa shape index (κ1) is 38.7. The SMILES string of the molecule is C=C[C@@H]1C[C@]1(NC(=O)[C@@H]1C[C@@H](Oc2cc(-c3csc(NC4CCCC4)n3)nc3cc(C)ccc23)CN1C(=O)[C@@H](NC(=O)OC1CCCC1)C(C)(C)C)C(C)=O. The van der Waals surface area contributed by atoms with Crippen molar-refractivity contribution in [1.29, 1.82) is 0 Å². The molecular formula is C42H54N6O6S. The first-order valence-corrected chi connectivity index (χ1v) is 20.7. The fraction of sp³-hybridized carbons (Fsp3) is 0.571. The van der Waals surface area contributed by atoms with E-state index in [9.17, 15) is 19.2 Å². The number of likely N-dealkylation sites (tertiary alicyclic amines) is 1. The number of pyridine rings is 1. The van der Waals surface area contributed by atoms with Crippen molar-refractivity contribution >= 4 is 51.1 Å². The number of amides is 3. The second-order valence-corrected chi connectivity index (χ2v) is 17.8. The molecule has 3 aromatic rings. The van der Waals surface area contributed by atoms with Gasteiger partial charge in [-0.05, 0) is 81.9 Å². The number of fused-ring (bicyclic) bond motifs is 1. The molecule has 3 N–H and O–H groups in total. The van der Waals surface area contributed by atoms with Gasteiger partial charge in [0.2, 0.25) is 11.8 Å². The first-order chi connectivity index (χ1) is 26.2. The van der Waals surface area contributed by atoms with Crippen LogP contribution in [0.2, 0.25) is 0 Å². The molecule has 7 rings (SSSR count). The number of rotatable bonds is 12. The van der Waals surface area contributed by atoms with E-state index >= 15 is 0 Å². The van der Waals surface area contributed by atoms with Gasteiger partial charge in [0.1, 0.15) is 41.3 Å². The zero-order valence-electron chi connectivity index (χ0n) is 32.6. The Kier molecular flexibility index (Phi) is 11.0. The zero-order chi connectivity index (χ0) is 39.1. The molecule has 55 heavy (non-hydrogen) atoms. The van der Waals surface area contributed by atoms with Gasteiger partial charge < -0.3 is 30.3 Å². The molecule has 3 amide bonds. The van der Waals surface area contributed by atoms with Gasteiger partial charge in [0.15, 0.2) is 10.9 Å². The number of aromatic nitrogens is 2. The summed E-state index contributed by atoms with van der Waals surface area (Å²) in [4.78, 5) is 66.2. The van der Waals surface area contributed by atoms with E-state index in [2.05, 4.69) is 22.5 Å². The molecule has 3 saturated carbocycles. The molecule has 13 heteroatoms. The molecule has 3 aliphatic carbocycles.